The van der Waals surface area contributed by atoms with E-state index in [1.54, 1.807) is 31.6 Å². The van der Waals surface area contributed by atoms with Crippen LogP contribution in [0.1, 0.15) is 10.4 Å². The van der Waals surface area contributed by atoms with Crippen LogP contribution in [0.4, 0.5) is 17.3 Å². The van der Waals surface area contributed by atoms with E-state index in [-0.39, 0.29) is 0 Å². The number of methoxy groups -OCH3 is 1. The highest BCUT2D eigenvalue weighted by molar-refractivity contribution is 6.07. The Bertz CT molecular complexity index is 1290. The smallest absolute Gasteiger partial charge is 0.250 e. The van der Waals surface area contributed by atoms with Crippen LogP contribution < -0.4 is 26.0 Å². The van der Waals surface area contributed by atoms with Crippen molar-refractivity contribution in [1.82, 2.24) is 19.9 Å². The summed E-state index contributed by atoms with van der Waals surface area (Å²) in [6.07, 6.45) is 3.37. The Morgan fingerprint density at radius 3 is 2.64 bits per heavy atom. The Morgan fingerprint density at radius 1 is 1.12 bits per heavy atom. The van der Waals surface area contributed by atoms with E-state index >= 15 is 0 Å². The van der Waals surface area contributed by atoms with E-state index in [1.165, 1.54) is 5.69 Å². The van der Waals surface area contributed by atoms with Crippen molar-refractivity contribution < 1.29 is 9.53 Å². The van der Waals surface area contributed by atoms with Gasteiger partial charge in [-0.3, -0.25) is 4.79 Å². The molecule has 9 nitrogen and oxygen atoms in total. The van der Waals surface area contributed by atoms with Crippen LogP contribution in [-0.2, 0) is 0 Å². The van der Waals surface area contributed by atoms with Gasteiger partial charge in [0.25, 0.3) is 5.91 Å². The summed E-state index contributed by atoms with van der Waals surface area (Å²) in [5.74, 6) is 1.21. The number of nitrogens with one attached hydrogen (secondary N) is 2. The molecule has 1 fully saturated rings. The number of rotatable bonds is 6. The molecule has 0 spiro atoms. The van der Waals surface area contributed by atoms with Crippen molar-refractivity contribution >= 4 is 34.1 Å². The summed E-state index contributed by atoms with van der Waals surface area (Å²) in [5, 5.41) is 7.34. The van der Waals surface area contributed by atoms with Crippen molar-refractivity contribution in [2.45, 2.75) is 0 Å². The zero-order valence-corrected chi connectivity index (χ0v) is 18.3. The van der Waals surface area contributed by atoms with Crippen LogP contribution >= 0.6 is 0 Å². The van der Waals surface area contributed by atoms with E-state index in [2.05, 4.69) is 37.6 Å². The first kappa shape index (κ1) is 20.8. The lowest BCUT2D eigenvalue weighted by Gasteiger charge is -2.29. The molecule has 2 aromatic heterocycles. The van der Waals surface area contributed by atoms with Crippen LogP contribution in [0.3, 0.4) is 0 Å². The minimum atomic E-state index is -0.510. The molecule has 9 heteroatoms. The molecule has 0 unspecified atom stereocenters. The molecule has 4 aromatic rings. The topological polar surface area (TPSA) is 110 Å². The number of fused-ring (bicyclic) bond motifs is 1. The molecular formula is C24H25N7O2. The Hall–Kier alpha value is -4.11. The van der Waals surface area contributed by atoms with Crippen LogP contribution in [-0.4, -0.2) is 53.7 Å². The number of amides is 1. The van der Waals surface area contributed by atoms with Gasteiger partial charge in [-0.1, -0.05) is 0 Å². The number of piperazine rings is 1. The first-order valence-electron chi connectivity index (χ1n) is 10.8. The van der Waals surface area contributed by atoms with E-state index in [0.717, 1.165) is 37.4 Å². The van der Waals surface area contributed by atoms with Crippen LogP contribution in [0, 0.1) is 0 Å². The van der Waals surface area contributed by atoms with Gasteiger partial charge in [0.15, 0.2) is 0 Å². The number of hydrogen-bond acceptors (Lipinski definition) is 7. The second kappa shape index (κ2) is 8.79. The van der Waals surface area contributed by atoms with Gasteiger partial charge in [-0.05, 0) is 48.5 Å². The minimum absolute atomic E-state index is 0.403. The fourth-order valence-corrected chi connectivity index (χ4v) is 4.07. The van der Waals surface area contributed by atoms with Gasteiger partial charge in [-0.2, -0.15) is 4.98 Å². The highest BCUT2D eigenvalue weighted by Crippen LogP contribution is 2.28. The summed E-state index contributed by atoms with van der Waals surface area (Å²) in [6, 6.07) is 15.5. The Kier molecular flexibility index (Phi) is 5.54. The third-order valence-corrected chi connectivity index (χ3v) is 5.77. The molecular weight excluding hydrogens is 418 g/mol. The van der Waals surface area contributed by atoms with Gasteiger partial charge in [0.05, 0.1) is 18.2 Å². The zero-order chi connectivity index (χ0) is 22.8. The molecule has 0 atom stereocenters. The Balaban J connectivity index is 1.43. The van der Waals surface area contributed by atoms with Gasteiger partial charge in [0.2, 0.25) is 5.95 Å². The van der Waals surface area contributed by atoms with Crippen molar-refractivity contribution in [3.8, 4) is 11.6 Å². The van der Waals surface area contributed by atoms with Crippen molar-refractivity contribution in [3.05, 3.63) is 66.5 Å². The van der Waals surface area contributed by atoms with Crippen LogP contribution in [0.2, 0.25) is 0 Å². The number of hydrogen-bond donors (Lipinski definition) is 3. The number of anilines is 3. The van der Waals surface area contributed by atoms with Gasteiger partial charge in [-0.15, -0.1) is 0 Å². The van der Waals surface area contributed by atoms with Crippen LogP contribution in [0.15, 0.2) is 60.9 Å². The van der Waals surface area contributed by atoms with Gasteiger partial charge in [0.1, 0.15) is 11.6 Å². The summed E-state index contributed by atoms with van der Waals surface area (Å²) < 4.78 is 7.13. The molecule has 3 heterocycles. The third kappa shape index (κ3) is 4.18. The maximum absolute atomic E-state index is 12.0. The monoisotopic (exact) mass is 443 g/mol. The molecule has 0 saturated carbocycles. The molecule has 1 aliphatic heterocycles. The van der Waals surface area contributed by atoms with Crippen LogP contribution in [0.25, 0.3) is 16.7 Å². The number of benzene rings is 2. The molecule has 168 valence electrons. The molecule has 2 aromatic carbocycles. The molecule has 1 saturated heterocycles. The number of carbonyl (C=O) groups excluding carboxylic acids is 1. The Morgan fingerprint density at radius 2 is 1.91 bits per heavy atom. The predicted octanol–water partition coefficient (Wildman–Crippen LogP) is 2.68. The number of aromatic nitrogens is 3. The SMILES string of the molecule is COc1ccc2c(c1)c(C(N)=O)cn2-c1ccnc(Nc2ccc(N3CCNCC3)cc2)n1. The predicted molar refractivity (Wildman–Crippen MR) is 129 cm³/mol. The van der Waals surface area contributed by atoms with Gasteiger partial charge < -0.3 is 30.6 Å². The van der Waals surface area contributed by atoms with Crippen molar-refractivity contribution in [3.63, 3.8) is 0 Å². The normalized spacial score (nSPS) is 13.8. The molecule has 1 amide bonds. The third-order valence-electron chi connectivity index (χ3n) is 5.77. The molecule has 1 aliphatic rings. The minimum Gasteiger partial charge on any atom is -0.497 e. The number of nitrogens with two attached hydrogens (primary N) is 1. The second-order valence-electron chi connectivity index (χ2n) is 7.81. The fraction of sp³-hybridized carbons (Fsp3) is 0.208. The molecule has 4 N–H and O–H groups in total. The first-order chi connectivity index (χ1) is 16.1. The van der Waals surface area contributed by atoms with Crippen LogP contribution in [0.5, 0.6) is 5.75 Å². The number of nitrogens with zero attached hydrogens (tertiary/aromatic N) is 4. The summed E-state index contributed by atoms with van der Waals surface area (Å²) in [6.45, 7) is 4.00. The highest BCUT2D eigenvalue weighted by Gasteiger charge is 2.16. The average Bonchev–Trinajstić information content (AvgIpc) is 3.24. The van der Waals surface area contributed by atoms with E-state index in [9.17, 15) is 4.79 Å². The van der Waals surface area contributed by atoms with E-state index in [4.69, 9.17) is 10.5 Å². The summed E-state index contributed by atoms with van der Waals surface area (Å²) >= 11 is 0. The lowest BCUT2D eigenvalue weighted by atomic mass is 10.1. The maximum Gasteiger partial charge on any atom is 0.250 e. The molecule has 0 radical (unpaired) electrons. The largest absolute Gasteiger partial charge is 0.497 e. The van der Waals surface area contributed by atoms with E-state index in [1.807, 2.05) is 28.8 Å². The number of ether oxygens (including phenoxy) is 1. The highest BCUT2D eigenvalue weighted by atomic mass is 16.5. The lowest BCUT2D eigenvalue weighted by Crippen LogP contribution is -2.43. The molecule has 0 aliphatic carbocycles. The van der Waals surface area contributed by atoms with Crippen molar-refractivity contribution in [1.29, 1.82) is 0 Å². The van der Waals surface area contributed by atoms with Crippen molar-refractivity contribution in [2.75, 3.05) is 43.5 Å². The molecule has 33 heavy (non-hydrogen) atoms. The van der Waals surface area contributed by atoms with Gasteiger partial charge in [-0.25, -0.2) is 4.98 Å². The second-order valence-corrected chi connectivity index (χ2v) is 7.81. The standard InChI is InChI=1S/C24H25N7O2/c1-33-18-6-7-21-19(14-18)20(23(25)32)15-31(21)22-8-9-27-24(29-22)28-16-2-4-17(5-3-16)30-12-10-26-11-13-30/h2-9,14-15,26H,10-13H2,1H3,(H2,25,32)(H,27,28,29). The van der Waals surface area contributed by atoms with E-state index < -0.39 is 5.91 Å². The molecule has 0 bridgehead atoms. The zero-order valence-electron chi connectivity index (χ0n) is 18.3. The number of carbonyl (C=O) groups is 1. The first-order valence-corrected chi connectivity index (χ1v) is 10.8. The van der Waals surface area contributed by atoms with Crippen molar-refractivity contribution in [2.24, 2.45) is 5.73 Å². The Labute approximate surface area is 191 Å². The summed E-state index contributed by atoms with van der Waals surface area (Å²) in [4.78, 5) is 23.4. The lowest BCUT2D eigenvalue weighted by molar-refractivity contribution is 0.100. The van der Waals surface area contributed by atoms with Gasteiger partial charge in [0, 0.05) is 55.3 Å². The van der Waals surface area contributed by atoms with E-state index in [0.29, 0.717) is 28.5 Å². The average molecular weight is 444 g/mol. The quantitative estimate of drug-likeness (QED) is 0.420. The fourth-order valence-electron chi connectivity index (χ4n) is 4.07. The maximum atomic E-state index is 12.0. The number of primary amides is 1. The van der Waals surface area contributed by atoms with Gasteiger partial charge >= 0.3 is 0 Å². The molecule has 5 rings (SSSR count). The summed E-state index contributed by atoms with van der Waals surface area (Å²) in [7, 11) is 1.58. The summed E-state index contributed by atoms with van der Waals surface area (Å²) in [5.41, 5.74) is 8.91.